The summed E-state index contributed by atoms with van der Waals surface area (Å²) in [5.74, 6) is -0.220. The van der Waals surface area contributed by atoms with Crippen LogP contribution in [0, 0.1) is 0 Å². The smallest absolute Gasteiger partial charge is 0.223 e. The third-order valence-corrected chi connectivity index (χ3v) is 3.84. The number of aromatic hydroxyl groups is 1. The predicted molar refractivity (Wildman–Crippen MR) is 77.8 cm³/mol. The van der Waals surface area contributed by atoms with Gasteiger partial charge in [-0.3, -0.25) is 9.69 Å². The largest absolute Gasteiger partial charge is 0.503 e. The van der Waals surface area contributed by atoms with Crippen molar-refractivity contribution >= 4 is 0 Å². The van der Waals surface area contributed by atoms with Crippen LogP contribution in [0.5, 0.6) is 5.75 Å². The van der Waals surface area contributed by atoms with Gasteiger partial charge in [0.15, 0.2) is 5.75 Å². The topological polar surface area (TPSA) is 65.7 Å². The number of hydrogen-bond acceptors (Lipinski definition) is 4. The second kappa shape index (κ2) is 7.45. The van der Waals surface area contributed by atoms with Gasteiger partial charge in [0.25, 0.3) is 0 Å². The summed E-state index contributed by atoms with van der Waals surface area (Å²) in [6.45, 7) is 3.59. The standard InChI is InChI=1S/C15H24N2O3/c18-9-5-8-17-12-15(20)14(19)10-13(17)11-16-6-3-1-2-4-7-16/h10,12,18,20H,1-9,11H2. The molecule has 0 saturated carbocycles. The molecule has 0 amide bonds. The average Bonchev–Trinajstić information content (AvgIpc) is 2.70. The maximum atomic E-state index is 11.6. The maximum Gasteiger partial charge on any atom is 0.223 e. The van der Waals surface area contributed by atoms with Crippen molar-refractivity contribution in [3.05, 3.63) is 28.2 Å². The molecule has 5 nitrogen and oxygen atoms in total. The molecule has 20 heavy (non-hydrogen) atoms. The minimum absolute atomic E-state index is 0.107. The lowest BCUT2D eigenvalue weighted by Gasteiger charge is -2.22. The first-order chi connectivity index (χ1) is 9.70. The number of aryl methyl sites for hydroxylation is 1. The highest BCUT2D eigenvalue weighted by Gasteiger charge is 2.13. The van der Waals surface area contributed by atoms with Gasteiger partial charge in [-0.15, -0.1) is 0 Å². The molecule has 2 rings (SSSR count). The monoisotopic (exact) mass is 280 g/mol. The lowest BCUT2D eigenvalue weighted by atomic mass is 10.2. The minimum atomic E-state index is -0.324. The summed E-state index contributed by atoms with van der Waals surface area (Å²) in [7, 11) is 0. The van der Waals surface area contributed by atoms with E-state index in [2.05, 4.69) is 4.90 Å². The molecular formula is C15H24N2O3. The van der Waals surface area contributed by atoms with Crippen LogP contribution in [0.2, 0.25) is 0 Å². The van der Waals surface area contributed by atoms with Gasteiger partial charge in [-0.1, -0.05) is 12.8 Å². The summed E-state index contributed by atoms with van der Waals surface area (Å²) in [6.07, 6.45) is 7.09. The van der Waals surface area contributed by atoms with E-state index < -0.39 is 0 Å². The van der Waals surface area contributed by atoms with Crippen molar-refractivity contribution in [2.75, 3.05) is 19.7 Å². The van der Waals surface area contributed by atoms with Gasteiger partial charge in [-0.05, 0) is 32.4 Å². The number of aliphatic hydroxyl groups excluding tert-OH is 1. The van der Waals surface area contributed by atoms with Crippen LogP contribution >= 0.6 is 0 Å². The predicted octanol–water partition coefficient (Wildman–Crippen LogP) is 1.31. The Hall–Kier alpha value is -1.33. The summed E-state index contributed by atoms with van der Waals surface area (Å²) >= 11 is 0. The van der Waals surface area contributed by atoms with Crippen LogP contribution in [0.3, 0.4) is 0 Å². The Labute approximate surface area is 119 Å². The van der Waals surface area contributed by atoms with Crippen LogP contribution in [-0.4, -0.2) is 39.4 Å². The maximum absolute atomic E-state index is 11.6. The molecule has 0 spiro atoms. The quantitative estimate of drug-likeness (QED) is 0.853. The van der Waals surface area contributed by atoms with E-state index in [1.807, 2.05) is 4.57 Å². The number of nitrogens with zero attached hydrogens (tertiary/aromatic N) is 2. The second-order valence-corrected chi connectivity index (χ2v) is 5.48. The molecule has 1 aliphatic heterocycles. The first kappa shape index (κ1) is 15.1. The number of aromatic nitrogens is 1. The van der Waals surface area contributed by atoms with Crippen molar-refractivity contribution in [2.45, 2.75) is 45.2 Å². The Morgan fingerprint density at radius 3 is 2.50 bits per heavy atom. The highest BCUT2D eigenvalue weighted by Crippen LogP contribution is 2.14. The van der Waals surface area contributed by atoms with E-state index in [0.29, 0.717) is 13.0 Å². The Morgan fingerprint density at radius 2 is 1.85 bits per heavy atom. The first-order valence-corrected chi connectivity index (χ1v) is 7.46. The molecule has 1 aromatic rings. The molecular weight excluding hydrogens is 256 g/mol. The highest BCUT2D eigenvalue weighted by molar-refractivity contribution is 5.20. The van der Waals surface area contributed by atoms with Crippen LogP contribution in [0.15, 0.2) is 17.1 Å². The molecule has 0 unspecified atom stereocenters. The van der Waals surface area contributed by atoms with Crippen LogP contribution in [-0.2, 0) is 13.1 Å². The molecule has 2 heterocycles. The molecule has 112 valence electrons. The van der Waals surface area contributed by atoms with Gasteiger partial charge in [-0.2, -0.15) is 0 Å². The summed E-state index contributed by atoms with van der Waals surface area (Å²) in [4.78, 5) is 14.0. The molecule has 1 saturated heterocycles. The highest BCUT2D eigenvalue weighted by atomic mass is 16.3. The molecule has 0 bridgehead atoms. The third kappa shape index (κ3) is 4.08. The van der Waals surface area contributed by atoms with E-state index in [1.54, 1.807) is 0 Å². The zero-order valence-corrected chi connectivity index (χ0v) is 11.9. The zero-order chi connectivity index (χ0) is 14.4. The van der Waals surface area contributed by atoms with E-state index in [-0.39, 0.29) is 17.8 Å². The van der Waals surface area contributed by atoms with E-state index in [1.165, 1.54) is 37.9 Å². The number of aliphatic hydroxyl groups is 1. The molecule has 5 heteroatoms. The van der Waals surface area contributed by atoms with Crippen molar-refractivity contribution in [3.63, 3.8) is 0 Å². The van der Waals surface area contributed by atoms with E-state index in [9.17, 15) is 9.90 Å². The Kier molecular flexibility index (Phi) is 5.61. The number of pyridine rings is 1. The van der Waals surface area contributed by atoms with E-state index in [0.717, 1.165) is 25.3 Å². The minimum Gasteiger partial charge on any atom is -0.503 e. The van der Waals surface area contributed by atoms with Gasteiger partial charge in [0.2, 0.25) is 5.43 Å². The van der Waals surface area contributed by atoms with Crippen LogP contribution in [0.25, 0.3) is 0 Å². The van der Waals surface area contributed by atoms with Gasteiger partial charge >= 0.3 is 0 Å². The van der Waals surface area contributed by atoms with Crippen molar-refractivity contribution in [3.8, 4) is 5.75 Å². The second-order valence-electron chi connectivity index (χ2n) is 5.48. The normalized spacial score (nSPS) is 17.1. The number of rotatable bonds is 5. The summed E-state index contributed by atoms with van der Waals surface area (Å²) in [5, 5.41) is 18.5. The van der Waals surface area contributed by atoms with Crippen LogP contribution in [0.4, 0.5) is 0 Å². The molecule has 1 fully saturated rings. The molecule has 0 radical (unpaired) electrons. The van der Waals surface area contributed by atoms with Gasteiger partial charge < -0.3 is 14.8 Å². The molecule has 0 aromatic carbocycles. The Morgan fingerprint density at radius 1 is 1.15 bits per heavy atom. The molecule has 1 aliphatic rings. The van der Waals surface area contributed by atoms with Crippen LogP contribution in [0.1, 0.15) is 37.8 Å². The summed E-state index contributed by atoms with van der Waals surface area (Å²) in [5.41, 5.74) is 0.596. The van der Waals surface area contributed by atoms with Crippen molar-refractivity contribution < 1.29 is 10.2 Å². The fourth-order valence-corrected chi connectivity index (χ4v) is 2.71. The SMILES string of the molecule is O=c1cc(CN2CCCCCC2)n(CCCO)cc1O. The molecule has 1 aromatic heterocycles. The summed E-state index contributed by atoms with van der Waals surface area (Å²) < 4.78 is 1.89. The van der Waals surface area contributed by atoms with Gasteiger partial charge in [-0.25, -0.2) is 0 Å². The fraction of sp³-hybridized carbons (Fsp3) is 0.667. The zero-order valence-electron chi connectivity index (χ0n) is 11.9. The number of hydrogen-bond donors (Lipinski definition) is 2. The van der Waals surface area contributed by atoms with Gasteiger partial charge in [0.05, 0.1) is 6.20 Å². The molecule has 0 atom stereocenters. The van der Waals surface area contributed by atoms with E-state index >= 15 is 0 Å². The molecule has 0 aliphatic carbocycles. The summed E-state index contributed by atoms with van der Waals surface area (Å²) in [6, 6.07) is 1.53. The Balaban J connectivity index is 2.15. The first-order valence-electron chi connectivity index (χ1n) is 7.46. The van der Waals surface area contributed by atoms with Gasteiger partial charge in [0, 0.05) is 31.5 Å². The lowest BCUT2D eigenvalue weighted by molar-refractivity contribution is 0.259. The lowest BCUT2D eigenvalue weighted by Crippen LogP contribution is -2.27. The molecule has 2 N–H and O–H groups in total. The third-order valence-electron chi connectivity index (χ3n) is 3.84. The van der Waals surface area contributed by atoms with E-state index in [4.69, 9.17) is 5.11 Å². The van der Waals surface area contributed by atoms with Crippen LogP contribution < -0.4 is 5.43 Å². The van der Waals surface area contributed by atoms with Crippen molar-refractivity contribution in [1.82, 2.24) is 9.47 Å². The Bertz CT molecular complexity index is 476. The fourth-order valence-electron chi connectivity index (χ4n) is 2.71. The number of likely N-dealkylation sites (tertiary alicyclic amines) is 1. The van der Waals surface area contributed by atoms with Crippen molar-refractivity contribution in [1.29, 1.82) is 0 Å². The van der Waals surface area contributed by atoms with Crippen molar-refractivity contribution in [2.24, 2.45) is 0 Å². The van der Waals surface area contributed by atoms with Gasteiger partial charge in [0.1, 0.15) is 0 Å². The average molecular weight is 280 g/mol.